The monoisotopic (exact) mass is 406 g/mol. The first-order valence-corrected chi connectivity index (χ1v) is 9.49. The molecule has 0 bridgehead atoms. The Bertz CT molecular complexity index is 1230. The van der Waals surface area contributed by atoms with E-state index in [1.807, 2.05) is 44.2 Å². The van der Waals surface area contributed by atoms with Gasteiger partial charge in [-0.3, -0.25) is 9.20 Å². The Labute approximate surface area is 186 Å². The van der Waals surface area contributed by atoms with Crippen molar-refractivity contribution in [3.05, 3.63) is 51.1 Å². The van der Waals surface area contributed by atoms with Gasteiger partial charge in [-0.1, -0.05) is 18.2 Å². The third kappa shape index (κ3) is 2.86. The number of fused-ring (bicyclic) bond motifs is 5. The molecule has 27 heavy (non-hydrogen) atoms. The van der Waals surface area contributed by atoms with Gasteiger partial charge in [-0.2, -0.15) is 5.10 Å². The van der Waals surface area contributed by atoms with Crippen molar-refractivity contribution in [2.45, 2.75) is 37.6 Å². The average molecular weight is 406 g/mol. The number of rotatable bonds is 1. The van der Waals surface area contributed by atoms with Crippen molar-refractivity contribution < 1.29 is 34.3 Å². The number of nitrogens with zero attached hydrogens (tertiary/aromatic N) is 4. The van der Waals surface area contributed by atoms with Crippen molar-refractivity contribution >= 4 is 40.0 Å². The Hall–Kier alpha value is -1.29. The molecule has 0 fully saturated rings. The van der Waals surface area contributed by atoms with E-state index in [0.717, 1.165) is 21.0 Å². The SMILES string of the molecule is CC1(C)Cc2c(sc3c2c(=O)n(-c2ccccc2)c2nnc([S-])n32)CO1.[Na+]. The smallest absolute Gasteiger partial charge is 0.740 e. The fraction of sp³-hybridized carbons (Fsp3) is 0.278. The van der Waals surface area contributed by atoms with E-state index in [2.05, 4.69) is 10.2 Å². The maximum Gasteiger partial charge on any atom is 1.00 e. The Morgan fingerprint density at radius 1 is 1.22 bits per heavy atom. The minimum atomic E-state index is -0.302. The Kier molecular flexibility index (Phi) is 4.69. The third-order valence-corrected chi connectivity index (χ3v) is 6.17. The van der Waals surface area contributed by atoms with Crippen LogP contribution in [0.1, 0.15) is 24.3 Å². The van der Waals surface area contributed by atoms with Crippen LogP contribution in [0.4, 0.5) is 0 Å². The summed E-state index contributed by atoms with van der Waals surface area (Å²) >= 11 is 6.95. The molecule has 6 nitrogen and oxygen atoms in total. The molecule has 0 unspecified atom stereocenters. The van der Waals surface area contributed by atoms with Gasteiger partial charge in [-0.05, 0) is 31.5 Å². The number of para-hydroxylation sites is 1. The molecule has 0 aliphatic carbocycles. The number of thiophene rings is 1. The van der Waals surface area contributed by atoms with Gasteiger partial charge in [0, 0.05) is 16.5 Å². The van der Waals surface area contributed by atoms with Crippen LogP contribution in [0, 0.1) is 0 Å². The van der Waals surface area contributed by atoms with Crippen molar-refractivity contribution in [1.82, 2.24) is 19.2 Å². The molecule has 4 heterocycles. The molecule has 0 saturated carbocycles. The fourth-order valence-corrected chi connectivity index (χ4v) is 5.01. The molecule has 3 aromatic heterocycles. The third-order valence-electron chi connectivity index (χ3n) is 4.72. The summed E-state index contributed by atoms with van der Waals surface area (Å²) in [5.74, 6) is 0.442. The summed E-state index contributed by atoms with van der Waals surface area (Å²) in [5, 5.41) is 9.29. The van der Waals surface area contributed by atoms with E-state index >= 15 is 0 Å². The molecule has 1 aliphatic rings. The first-order valence-electron chi connectivity index (χ1n) is 8.27. The van der Waals surface area contributed by atoms with E-state index in [0.29, 0.717) is 29.3 Å². The van der Waals surface area contributed by atoms with Crippen molar-refractivity contribution in [3.63, 3.8) is 0 Å². The van der Waals surface area contributed by atoms with Gasteiger partial charge in [0.05, 0.1) is 23.3 Å². The predicted molar refractivity (Wildman–Crippen MR) is 102 cm³/mol. The second-order valence-electron chi connectivity index (χ2n) is 7.00. The van der Waals surface area contributed by atoms with Gasteiger partial charge in [0.1, 0.15) is 4.83 Å². The summed E-state index contributed by atoms with van der Waals surface area (Å²) in [7, 11) is 0. The number of benzene rings is 1. The van der Waals surface area contributed by atoms with Gasteiger partial charge in [-0.25, -0.2) is 4.57 Å². The number of ether oxygens (including phenoxy) is 1. The van der Waals surface area contributed by atoms with Gasteiger partial charge >= 0.3 is 29.6 Å². The maximum absolute atomic E-state index is 13.5. The Morgan fingerprint density at radius 2 is 1.96 bits per heavy atom. The summed E-state index contributed by atoms with van der Waals surface area (Å²) in [4.78, 5) is 15.4. The standard InChI is InChI=1S/C18H16N4O2S2.Na/c1-18(2)8-11-12(9-24-18)26-15-13(11)14(23)21(10-6-4-3-5-7-10)16-19-20-17(25)22(15)16;/h3-7H,8-9H2,1-2H3,(H,20,25);/q;+1/p-1. The minimum absolute atomic E-state index is 0. The molecule has 5 rings (SSSR count). The van der Waals surface area contributed by atoms with Crippen LogP contribution in [0.5, 0.6) is 0 Å². The molecule has 0 N–H and O–H groups in total. The quantitative estimate of drug-likeness (QED) is 0.325. The molecular formula is C18H15N4NaO2S2. The Morgan fingerprint density at radius 3 is 2.70 bits per heavy atom. The first-order chi connectivity index (χ1) is 12.5. The summed E-state index contributed by atoms with van der Waals surface area (Å²) in [6.07, 6.45) is 0.687. The molecule has 1 aromatic carbocycles. The minimum Gasteiger partial charge on any atom is -0.740 e. The zero-order chi connectivity index (χ0) is 18.1. The van der Waals surface area contributed by atoms with E-state index in [1.165, 1.54) is 0 Å². The van der Waals surface area contributed by atoms with E-state index in [1.54, 1.807) is 20.3 Å². The predicted octanol–water partition coefficient (Wildman–Crippen LogP) is -0.144. The topological polar surface area (TPSA) is 61.4 Å². The second kappa shape index (κ2) is 6.65. The molecule has 0 amide bonds. The van der Waals surface area contributed by atoms with Crippen LogP contribution in [0.15, 0.2) is 40.3 Å². The van der Waals surface area contributed by atoms with E-state index < -0.39 is 0 Å². The van der Waals surface area contributed by atoms with Gasteiger partial charge in [0.25, 0.3) is 5.56 Å². The van der Waals surface area contributed by atoms with Crippen molar-refractivity contribution in [2.24, 2.45) is 0 Å². The second-order valence-corrected chi connectivity index (χ2v) is 8.45. The molecule has 0 atom stereocenters. The van der Waals surface area contributed by atoms with E-state index in [9.17, 15) is 4.79 Å². The van der Waals surface area contributed by atoms with Crippen LogP contribution in [0.3, 0.4) is 0 Å². The normalized spacial score (nSPS) is 15.6. The molecular weight excluding hydrogens is 391 g/mol. The van der Waals surface area contributed by atoms with Crippen LogP contribution < -0.4 is 35.1 Å². The van der Waals surface area contributed by atoms with Gasteiger partial charge < -0.3 is 17.4 Å². The zero-order valence-corrected chi connectivity index (χ0v) is 18.9. The van der Waals surface area contributed by atoms with Crippen LogP contribution in [0.25, 0.3) is 21.7 Å². The number of aromatic nitrogens is 4. The van der Waals surface area contributed by atoms with Crippen LogP contribution in [0.2, 0.25) is 0 Å². The van der Waals surface area contributed by atoms with Gasteiger partial charge in [-0.15, -0.1) is 16.4 Å². The molecule has 0 radical (unpaired) electrons. The zero-order valence-electron chi connectivity index (χ0n) is 15.2. The summed E-state index contributed by atoms with van der Waals surface area (Å²) < 4.78 is 9.33. The molecule has 4 aromatic rings. The number of hydrogen-bond acceptors (Lipinski definition) is 6. The van der Waals surface area contributed by atoms with E-state index in [4.69, 9.17) is 17.4 Å². The average Bonchev–Trinajstić information content (AvgIpc) is 3.16. The summed E-state index contributed by atoms with van der Waals surface area (Å²) in [6, 6.07) is 9.48. The Balaban J connectivity index is 0.00000180. The van der Waals surface area contributed by atoms with E-state index in [-0.39, 0.29) is 40.7 Å². The molecule has 1 aliphatic heterocycles. The maximum atomic E-state index is 13.5. The number of hydrogen-bond donors (Lipinski definition) is 0. The molecule has 132 valence electrons. The van der Waals surface area contributed by atoms with Crippen molar-refractivity contribution in [1.29, 1.82) is 0 Å². The first kappa shape index (κ1) is 19.0. The van der Waals surface area contributed by atoms with Gasteiger partial charge in [0.2, 0.25) is 5.78 Å². The molecule has 0 saturated heterocycles. The molecule has 9 heteroatoms. The molecule has 0 spiro atoms. The van der Waals surface area contributed by atoms with Crippen LogP contribution in [-0.4, -0.2) is 24.8 Å². The van der Waals surface area contributed by atoms with Crippen LogP contribution in [-0.2, 0) is 30.4 Å². The summed E-state index contributed by atoms with van der Waals surface area (Å²) in [6.45, 7) is 4.60. The van der Waals surface area contributed by atoms with Gasteiger partial charge in [0.15, 0.2) is 0 Å². The largest absolute Gasteiger partial charge is 1.00 e. The van der Waals surface area contributed by atoms with Crippen molar-refractivity contribution in [3.8, 4) is 5.69 Å². The fourth-order valence-electron chi connectivity index (χ4n) is 3.51. The summed E-state index contributed by atoms with van der Waals surface area (Å²) in [5.41, 5.74) is 1.42. The van der Waals surface area contributed by atoms with Crippen molar-refractivity contribution in [2.75, 3.05) is 0 Å². The van der Waals surface area contributed by atoms with Crippen LogP contribution >= 0.6 is 11.3 Å².